The number of aromatic amines is 1. The van der Waals surface area contributed by atoms with E-state index >= 15 is 0 Å². The third-order valence-corrected chi connectivity index (χ3v) is 5.38. The van der Waals surface area contributed by atoms with Gasteiger partial charge in [0.15, 0.2) is 0 Å². The van der Waals surface area contributed by atoms with Crippen LogP contribution in [0.3, 0.4) is 0 Å². The predicted octanol–water partition coefficient (Wildman–Crippen LogP) is -0.0647. The number of nitrogens with zero attached hydrogens (tertiary/aromatic N) is 2. The average Bonchev–Trinajstić information content (AvgIpc) is 3.16. The summed E-state index contributed by atoms with van der Waals surface area (Å²) < 4.78 is 5.75. The van der Waals surface area contributed by atoms with Gasteiger partial charge in [-0.3, -0.25) is 14.4 Å². The fraction of sp³-hybridized carbons (Fsp3) is 0.588. The fourth-order valence-electron chi connectivity index (χ4n) is 3.96. The second-order valence-corrected chi connectivity index (χ2v) is 6.81. The van der Waals surface area contributed by atoms with Crippen LogP contribution in [0.15, 0.2) is 10.9 Å². The number of carbonyl (C=O) groups is 2. The number of aromatic nitrogens is 1. The number of fused-ring (bicyclic) bond motifs is 2. The van der Waals surface area contributed by atoms with E-state index in [9.17, 15) is 14.4 Å². The van der Waals surface area contributed by atoms with Gasteiger partial charge in [0.2, 0.25) is 5.91 Å². The van der Waals surface area contributed by atoms with Crippen molar-refractivity contribution in [3.63, 3.8) is 0 Å². The number of hydrogen-bond acceptors (Lipinski definition) is 4. The molecule has 0 radical (unpaired) electrons. The van der Waals surface area contributed by atoms with Crippen molar-refractivity contribution in [3.05, 3.63) is 33.2 Å². The molecule has 1 aromatic rings. The van der Waals surface area contributed by atoms with Crippen molar-refractivity contribution in [3.8, 4) is 0 Å². The molecule has 1 aliphatic carbocycles. The van der Waals surface area contributed by atoms with E-state index in [1.807, 2.05) is 0 Å². The lowest BCUT2D eigenvalue weighted by atomic mass is 10.1. The summed E-state index contributed by atoms with van der Waals surface area (Å²) in [7, 11) is 1.75. The van der Waals surface area contributed by atoms with E-state index in [2.05, 4.69) is 4.98 Å². The number of likely N-dealkylation sites (tertiary alicyclic amines) is 1. The van der Waals surface area contributed by atoms with Gasteiger partial charge in [0.05, 0.1) is 25.2 Å². The maximum Gasteiger partial charge on any atom is 0.261 e. The Hall–Kier alpha value is -2.15. The molecular formula is C17H21N3O4. The van der Waals surface area contributed by atoms with Crippen LogP contribution in [-0.2, 0) is 22.4 Å². The number of carbonyl (C=O) groups excluding carboxylic acids is 2. The fourth-order valence-corrected chi connectivity index (χ4v) is 3.96. The molecule has 0 bridgehead atoms. The SMILES string of the molecule is CN1C(=O)CCO[C@H]2CN(C(=O)c3cc4c([nH]c3=O)CCC4)C[C@@H]21. The summed E-state index contributed by atoms with van der Waals surface area (Å²) in [6, 6.07) is 1.60. The van der Waals surface area contributed by atoms with Crippen molar-refractivity contribution in [2.75, 3.05) is 26.7 Å². The van der Waals surface area contributed by atoms with Crippen LogP contribution in [0.5, 0.6) is 0 Å². The Balaban J connectivity index is 1.58. The standard InChI is InChI=1S/C17H21N3O4/c1-19-13-8-20(9-14(13)24-6-5-15(19)21)17(23)11-7-10-3-2-4-12(10)18-16(11)22/h7,13-14H,2-6,8-9H2,1H3,(H,18,22)/t13-,14-/m0/s1. The number of rotatable bonds is 1. The van der Waals surface area contributed by atoms with Crippen molar-refractivity contribution in [1.29, 1.82) is 0 Å². The molecule has 1 N–H and O–H groups in total. The zero-order valence-electron chi connectivity index (χ0n) is 13.7. The quantitative estimate of drug-likeness (QED) is 0.781. The maximum absolute atomic E-state index is 12.8. The molecule has 4 rings (SSSR count). The maximum atomic E-state index is 12.8. The van der Waals surface area contributed by atoms with Crippen molar-refractivity contribution in [1.82, 2.24) is 14.8 Å². The molecule has 2 atom stereocenters. The molecular weight excluding hydrogens is 310 g/mol. The van der Waals surface area contributed by atoms with E-state index in [4.69, 9.17) is 4.74 Å². The second kappa shape index (κ2) is 5.73. The Morgan fingerprint density at radius 1 is 1.25 bits per heavy atom. The number of aryl methyl sites for hydroxylation is 2. The number of ether oxygens (including phenoxy) is 1. The van der Waals surface area contributed by atoms with E-state index in [0.717, 1.165) is 30.5 Å². The zero-order valence-corrected chi connectivity index (χ0v) is 13.7. The van der Waals surface area contributed by atoms with E-state index in [1.54, 1.807) is 22.9 Å². The summed E-state index contributed by atoms with van der Waals surface area (Å²) in [5.74, 6) is -0.240. The third kappa shape index (κ3) is 2.43. The molecule has 3 aliphatic rings. The molecule has 3 heterocycles. The van der Waals surface area contributed by atoms with Crippen molar-refractivity contribution in [2.24, 2.45) is 0 Å². The number of nitrogens with one attached hydrogen (secondary N) is 1. The van der Waals surface area contributed by atoms with E-state index < -0.39 is 0 Å². The van der Waals surface area contributed by atoms with Crippen LogP contribution in [0.4, 0.5) is 0 Å². The number of likely N-dealkylation sites (N-methyl/N-ethyl adjacent to an activating group) is 1. The highest BCUT2D eigenvalue weighted by Gasteiger charge is 2.42. The minimum Gasteiger partial charge on any atom is -0.374 e. The van der Waals surface area contributed by atoms with Crippen LogP contribution in [0.1, 0.15) is 34.5 Å². The average molecular weight is 331 g/mol. The number of amides is 2. The normalized spacial score (nSPS) is 26.3. The van der Waals surface area contributed by atoms with Gasteiger partial charge in [-0.2, -0.15) is 0 Å². The Kier molecular flexibility index (Phi) is 3.68. The first-order valence-electron chi connectivity index (χ1n) is 8.46. The molecule has 2 amide bonds. The van der Waals surface area contributed by atoms with Crippen LogP contribution < -0.4 is 5.56 Å². The van der Waals surface area contributed by atoms with Crippen molar-refractivity contribution >= 4 is 11.8 Å². The summed E-state index contributed by atoms with van der Waals surface area (Å²) in [5, 5.41) is 0. The summed E-state index contributed by atoms with van der Waals surface area (Å²) in [6.45, 7) is 1.20. The summed E-state index contributed by atoms with van der Waals surface area (Å²) in [5.41, 5.74) is 1.89. The summed E-state index contributed by atoms with van der Waals surface area (Å²) in [6.07, 6.45) is 2.98. The Labute approximate surface area is 139 Å². The Morgan fingerprint density at radius 2 is 2.08 bits per heavy atom. The van der Waals surface area contributed by atoms with Gasteiger partial charge in [0, 0.05) is 25.8 Å². The lowest BCUT2D eigenvalue weighted by Crippen LogP contribution is -2.43. The van der Waals surface area contributed by atoms with Crippen LogP contribution in [0.25, 0.3) is 0 Å². The van der Waals surface area contributed by atoms with E-state index in [1.165, 1.54) is 0 Å². The van der Waals surface area contributed by atoms with Gasteiger partial charge in [0.1, 0.15) is 5.56 Å². The van der Waals surface area contributed by atoms with Crippen molar-refractivity contribution in [2.45, 2.75) is 37.8 Å². The van der Waals surface area contributed by atoms with Gasteiger partial charge in [0.25, 0.3) is 11.5 Å². The van der Waals surface area contributed by atoms with Crippen LogP contribution >= 0.6 is 0 Å². The van der Waals surface area contributed by atoms with Crippen molar-refractivity contribution < 1.29 is 14.3 Å². The van der Waals surface area contributed by atoms with Gasteiger partial charge >= 0.3 is 0 Å². The molecule has 2 aliphatic heterocycles. The topological polar surface area (TPSA) is 82.7 Å². The molecule has 24 heavy (non-hydrogen) atoms. The Bertz CT molecular complexity index is 757. The first kappa shape index (κ1) is 15.4. The van der Waals surface area contributed by atoms with Crippen LogP contribution in [-0.4, -0.2) is 65.5 Å². The molecule has 2 fully saturated rings. The Morgan fingerprint density at radius 3 is 2.92 bits per heavy atom. The molecule has 128 valence electrons. The van der Waals surface area contributed by atoms with Crippen LogP contribution in [0, 0.1) is 0 Å². The zero-order chi connectivity index (χ0) is 16.8. The van der Waals surface area contributed by atoms with Gasteiger partial charge in [-0.25, -0.2) is 0 Å². The van der Waals surface area contributed by atoms with E-state index in [0.29, 0.717) is 26.1 Å². The lowest BCUT2D eigenvalue weighted by Gasteiger charge is -2.25. The first-order chi connectivity index (χ1) is 11.5. The molecule has 7 nitrogen and oxygen atoms in total. The molecule has 2 saturated heterocycles. The molecule has 7 heteroatoms. The minimum atomic E-state index is -0.321. The first-order valence-corrected chi connectivity index (χ1v) is 8.46. The smallest absolute Gasteiger partial charge is 0.261 e. The highest BCUT2D eigenvalue weighted by atomic mass is 16.5. The van der Waals surface area contributed by atoms with Gasteiger partial charge in [-0.15, -0.1) is 0 Å². The molecule has 0 aromatic carbocycles. The highest BCUT2D eigenvalue weighted by Crippen LogP contribution is 2.24. The number of H-pyrrole nitrogens is 1. The number of hydrogen-bond donors (Lipinski definition) is 1. The molecule has 0 unspecified atom stereocenters. The van der Waals surface area contributed by atoms with Gasteiger partial charge < -0.3 is 19.5 Å². The molecule has 0 spiro atoms. The van der Waals surface area contributed by atoms with Crippen LogP contribution in [0.2, 0.25) is 0 Å². The largest absolute Gasteiger partial charge is 0.374 e. The second-order valence-electron chi connectivity index (χ2n) is 6.81. The molecule has 0 saturated carbocycles. The van der Waals surface area contributed by atoms with E-state index in [-0.39, 0.29) is 35.1 Å². The van der Waals surface area contributed by atoms with Gasteiger partial charge in [-0.1, -0.05) is 0 Å². The lowest BCUT2D eigenvalue weighted by molar-refractivity contribution is -0.131. The highest BCUT2D eigenvalue weighted by molar-refractivity contribution is 5.94. The molecule has 1 aromatic heterocycles. The summed E-state index contributed by atoms with van der Waals surface area (Å²) >= 11 is 0. The monoisotopic (exact) mass is 331 g/mol. The number of pyridine rings is 1. The third-order valence-electron chi connectivity index (χ3n) is 5.38. The predicted molar refractivity (Wildman–Crippen MR) is 85.9 cm³/mol. The summed E-state index contributed by atoms with van der Waals surface area (Å²) in [4.78, 5) is 43.2. The minimum absolute atomic E-state index is 0.0344. The van der Waals surface area contributed by atoms with Gasteiger partial charge in [-0.05, 0) is 30.9 Å².